The van der Waals surface area contributed by atoms with E-state index in [1.54, 1.807) is 4.90 Å². The minimum Gasteiger partial charge on any atom is -0.316 e. The highest BCUT2D eigenvalue weighted by Crippen LogP contribution is 2.39. The van der Waals surface area contributed by atoms with E-state index in [-0.39, 0.29) is 5.91 Å². The van der Waals surface area contributed by atoms with Gasteiger partial charge < -0.3 is 10.6 Å². The van der Waals surface area contributed by atoms with Crippen molar-refractivity contribution >= 4 is 27.5 Å². The number of nitrogens with zero attached hydrogens (tertiary/aromatic N) is 1. The molecular formula is C15H13BrN2O. The molecule has 1 amide bonds. The maximum atomic E-state index is 12.3. The molecule has 1 heterocycles. The van der Waals surface area contributed by atoms with Gasteiger partial charge in [0.05, 0.1) is 12.2 Å². The SMILES string of the molecule is NC1C(=O)N(Cc2ccccc2)c2cccc(Br)c21. The average Bonchev–Trinajstić information content (AvgIpc) is 2.66. The van der Waals surface area contributed by atoms with Crippen LogP contribution in [0.15, 0.2) is 53.0 Å². The maximum absolute atomic E-state index is 12.3. The van der Waals surface area contributed by atoms with Crippen molar-refractivity contribution in [3.63, 3.8) is 0 Å². The van der Waals surface area contributed by atoms with E-state index < -0.39 is 6.04 Å². The Morgan fingerprint density at radius 3 is 2.58 bits per heavy atom. The number of carbonyl (C=O) groups is 1. The quantitative estimate of drug-likeness (QED) is 0.925. The number of carbonyl (C=O) groups excluding carboxylic acids is 1. The van der Waals surface area contributed by atoms with Crippen molar-refractivity contribution in [3.8, 4) is 0 Å². The van der Waals surface area contributed by atoms with Gasteiger partial charge in [-0.25, -0.2) is 0 Å². The molecule has 2 aromatic rings. The van der Waals surface area contributed by atoms with Gasteiger partial charge in [0.2, 0.25) is 5.91 Å². The van der Waals surface area contributed by atoms with Crippen LogP contribution >= 0.6 is 15.9 Å². The van der Waals surface area contributed by atoms with Crippen LogP contribution in [-0.4, -0.2) is 5.91 Å². The summed E-state index contributed by atoms with van der Waals surface area (Å²) in [6.45, 7) is 0.552. The highest BCUT2D eigenvalue weighted by atomic mass is 79.9. The lowest BCUT2D eigenvalue weighted by Gasteiger charge is -2.17. The summed E-state index contributed by atoms with van der Waals surface area (Å²) in [6, 6.07) is 15.1. The van der Waals surface area contributed by atoms with Gasteiger partial charge in [-0.15, -0.1) is 0 Å². The minimum atomic E-state index is -0.575. The summed E-state index contributed by atoms with van der Waals surface area (Å²) in [5.74, 6) is -0.0502. The molecule has 2 N–H and O–H groups in total. The number of halogens is 1. The molecule has 0 radical (unpaired) electrons. The molecule has 0 bridgehead atoms. The lowest BCUT2D eigenvalue weighted by Crippen LogP contribution is -2.31. The van der Waals surface area contributed by atoms with Crippen molar-refractivity contribution in [3.05, 3.63) is 64.1 Å². The molecule has 19 heavy (non-hydrogen) atoms. The first-order valence-electron chi connectivity index (χ1n) is 6.08. The van der Waals surface area contributed by atoms with Crippen molar-refractivity contribution < 1.29 is 4.79 Å². The molecule has 0 saturated carbocycles. The third kappa shape index (κ3) is 2.07. The average molecular weight is 317 g/mol. The first-order valence-corrected chi connectivity index (χ1v) is 6.87. The lowest BCUT2D eigenvalue weighted by atomic mass is 10.1. The van der Waals surface area contributed by atoms with E-state index in [4.69, 9.17) is 5.73 Å². The van der Waals surface area contributed by atoms with Gasteiger partial charge in [-0.3, -0.25) is 4.79 Å². The first kappa shape index (κ1) is 12.4. The Labute approximate surface area is 120 Å². The standard InChI is InChI=1S/C15H13BrN2O/c16-11-7-4-8-12-13(11)14(17)15(19)18(12)9-10-5-2-1-3-6-10/h1-8,14H,9,17H2. The molecule has 0 aliphatic carbocycles. The molecule has 1 aliphatic rings. The fraction of sp³-hybridized carbons (Fsp3) is 0.133. The monoisotopic (exact) mass is 316 g/mol. The zero-order chi connectivity index (χ0) is 13.4. The van der Waals surface area contributed by atoms with E-state index in [9.17, 15) is 4.79 Å². The maximum Gasteiger partial charge on any atom is 0.248 e. The van der Waals surface area contributed by atoms with Crippen LogP contribution in [0.4, 0.5) is 5.69 Å². The molecule has 0 spiro atoms. The summed E-state index contributed by atoms with van der Waals surface area (Å²) < 4.78 is 0.890. The number of rotatable bonds is 2. The second kappa shape index (κ2) is 4.79. The molecule has 3 nitrogen and oxygen atoms in total. The number of nitrogens with two attached hydrogens (primary N) is 1. The van der Waals surface area contributed by atoms with E-state index >= 15 is 0 Å². The Hall–Kier alpha value is -1.65. The summed E-state index contributed by atoms with van der Waals surface area (Å²) in [4.78, 5) is 14.0. The molecule has 1 atom stereocenters. The molecular weight excluding hydrogens is 304 g/mol. The van der Waals surface area contributed by atoms with Gasteiger partial charge in [-0.2, -0.15) is 0 Å². The van der Waals surface area contributed by atoms with Gasteiger partial charge in [0, 0.05) is 10.0 Å². The van der Waals surface area contributed by atoms with Gasteiger partial charge in [-0.1, -0.05) is 52.3 Å². The van der Waals surface area contributed by atoms with E-state index in [2.05, 4.69) is 15.9 Å². The van der Waals surface area contributed by atoms with Gasteiger partial charge in [-0.05, 0) is 17.7 Å². The number of amides is 1. The summed E-state index contributed by atoms with van der Waals surface area (Å²) in [5, 5.41) is 0. The molecule has 4 heteroatoms. The molecule has 3 rings (SSSR count). The number of anilines is 1. The van der Waals surface area contributed by atoms with Crippen molar-refractivity contribution in [2.24, 2.45) is 5.73 Å². The van der Waals surface area contributed by atoms with Gasteiger partial charge >= 0.3 is 0 Å². The van der Waals surface area contributed by atoms with Crippen LogP contribution in [0.3, 0.4) is 0 Å². The number of hydrogen-bond donors (Lipinski definition) is 1. The smallest absolute Gasteiger partial charge is 0.248 e. The summed E-state index contributed by atoms with van der Waals surface area (Å²) in [5.41, 5.74) is 8.88. The third-order valence-corrected chi connectivity index (χ3v) is 4.04. The molecule has 96 valence electrons. The van der Waals surface area contributed by atoms with Crippen LogP contribution in [0.25, 0.3) is 0 Å². The number of hydrogen-bond acceptors (Lipinski definition) is 2. The lowest BCUT2D eigenvalue weighted by molar-refractivity contribution is -0.119. The largest absolute Gasteiger partial charge is 0.316 e. The Kier molecular flexibility index (Phi) is 3.12. The minimum absolute atomic E-state index is 0.0502. The summed E-state index contributed by atoms with van der Waals surface area (Å²) in [6.07, 6.45) is 0. The fourth-order valence-electron chi connectivity index (χ4n) is 2.41. The van der Waals surface area contributed by atoms with Crippen LogP contribution < -0.4 is 10.6 Å². The molecule has 0 aromatic heterocycles. The van der Waals surface area contributed by atoms with Crippen LogP contribution in [-0.2, 0) is 11.3 Å². The number of benzene rings is 2. The van der Waals surface area contributed by atoms with Crippen molar-refractivity contribution in [1.29, 1.82) is 0 Å². The van der Waals surface area contributed by atoms with Gasteiger partial charge in [0.1, 0.15) is 6.04 Å². The van der Waals surface area contributed by atoms with E-state index in [1.165, 1.54) is 0 Å². The zero-order valence-electron chi connectivity index (χ0n) is 10.2. The second-order valence-corrected chi connectivity index (χ2v) is 5.41. The predicted octanol–water partition coefficient (Wildman–Crippen LogP) is 3.00. The molecule has 2 aromatic carbocycles. The zero-order valence-corrected chi connectivity index (χ0v) is 11.8. The Balaban J connectivity index is 2.00. The number of fused-ring (bicyclic) bond motifs is 1. The van der Waals surface area contributed by atoms with Crippen LogP contribution in [0, 0.1) is 0 Å². The Morgan fingerprint density at radius 2 is 1.84 bits per heavy atom. The molecule has 1 unspecified atom stereocenters. The Morgan fingerprint density at radius 1 is 1.11 bits per heavy atom. The van der Waals surface area contributed by atoms with Crippen molar-refractivity contribution in [2.45, 2.75) is 12.6 Å². The van der Waals surface area contributed by atoms with E-state index in [1.807, 2.05) is 48.5 Å². The van der Waals surface area contributed by atoms with E-state index in [0.717, 1.165) is 21.3 Å². The van der Waals surface area contributed by atoms with Crippen LogP contribution in [0.2, 0.25) is 0 Å². The van der Waals surface area contributed by atoms with Crippen molar-refractivity contribution in [1.82, 2.24) is 0 Å². The van der Waals surface area contributed by atoms with Crippen LogP contribution in [0.5, 0.6) is 0 Å². The third-order valence-electron chi connectivity index (χ3n) is 3.35. The van der Waals surface area contributed by atoms with E-state index in [0.29, 0.717) is 6.54 Å². The van der Waals surface area contributed by atoms with Gasteiger partial charge in [0.15, 0.2) is 0 Å². The summed E-state index contributed by atoms with van der Waals surface area (Å²) in [7, 11) is 0. The first-order chi connectivity index (χ1) is 9.18. The van der Waals surface area contributed by atoms with Crippen molar-refractivity contribution in [2.75, 3.05) is 4.90 Å². The fourth-order valence-corrected chi connectivity index (χ4v) is 3.01. The topological polar surface area (TPSA) is 46.3 Å². The Bertz CT molecular complexity index is 627. The molecule has 1 aliphatic heterocycles. The highest BCUT2D eigenvalue weighted by Gasteiger charge is 2.36. The van der Waals surface area contributed by atoms with Crippen LogP contribution in [0.1, 0.15) is 17.2 Å². The molecule has 0 fully saturated rings. The predicted molar refractivity (Wildman–Crippen MR) is 78.7 cm³/mol. The van der Waals surface area contributed by atoms with Gasteiger partial charge in [0.25, 0.3) is 0 Å². The molecule has 0 saturated heterocycles. The second-order valence-electron chi connectivity index (χ2n) is 4.56. The highest BCUT2D eigenvalue weighted by molar-refractivity contribution is 9.10. The normalized spacial score (nSPS) is 17.7. The summed E-state index contributed by atoms with van der Waals surface area (Å²) >= 11 is 3.47.